The van der Waals surface area contributed by atoms with E-state index in [1.54, 1.807) is 30.3 Å². The summed E-state index contributed by atoms with van der Waals surface area (Å²) in [5, 5.41) is 9.99. The van der Waals surface area contributed by atoms with Gasteiger partial charge in [0.15, 0.2) is 12.4 Å². The largest absolute Gasteiger partial charge is 0.484 e. The molecule has 0 bridgehead atoms. The van der Waals surface area contributed by atoms with Gasteiger partial charge >= 0.3 is 0 Å². The molecule has 1 aromatic heterocycles. The van der Waals surface area contributed by atoms with Crippen LogP contribution < -0.4 is 10.1 Å². The molecule has 0 aliphatic rings. The summed E-state index contributed by atoms with van der Waals surface area (Å²) in [6, 6.07) is 8.68. The van der Waals surface area contributed by atoms with E-state index in [0.717, 1.165) is 12.1 Å². The minimum absolute atomic E-state index is 0.0886. The molecule has 2 rings (SSSR count). The lowest BCUT2D eigenvalue weighted by Crippen LogP contribution is -2.20. The van der Waals surface area contributed by atoms with Gasteiger partial charge in [0.25, 0.3) is 5.91 Å². The Morgan fingerprint density at radius 2 is 2.32 bits per heavy atom. The number of hydrogen-bond acceptors (Lipinski definition) is 3. The first-order valence-corrected chi connectivity index (χ1v) is 6.27. The van der Waals surface area contributed by atoms with Crippen LogP contribution >= 0.6 is 11.6 Å². The fourth-order valence-corrected chi connectivity index (χ4v) is 1.67. The number of nitrogens with one attached hydrogen (secondary N) is 2. The second-order valence-electron chi connectivity index (χ2n) is 3.93. The van der Waals surface area contributed by atoms with Crippen molar-refractivity contribution in [2.45, 2.75) is 13.3 Å². The number of nitrogens with zero attached hydrogens (tertiary/aromatic N) is 1. The maximum absolute atomic E-state index is 11.6. The molecule has 0 aliphatic carbocycles. The summed E-state index contributed by atoms with van der Waals surface area (Å²) >= 11 is 5.81. The minimum Gasteiger partial charge on any atom is -0.484 e. The molecule has 1 aromatic carbocycles. The lowest BCUT2D eigenvalue weighted by atomic mass is 10.3. The summed E-state index contributed by atoms with van der Waals surface area (Å²) in [6.45, 7) is 1.91. The molecule has 5 nitrogen and oxygen atoms in total. The Morgan fingerprint density at radius 3 is 3.00 bits per heavy atom. The van der Waals surface area contributed by atoms with Gasteiger partial charge in [0.05, 0.1) is 0 Å². The zero-order valence-electron chi connectivity index (χ0n) is 10.4. The van der Waals surface area contributed by atoms with Gasteiger partial charge in [-0.3, -0.25) is 9.89 Å². The molecule has 0 saturated carbocycles. The lowest BCUT2D eigenvalue weighted by Gasteiger charge is -2.05. The molecule has 0 saturated heterocycles. The first-order valence-electron chi connectivity index (χ1n) is 5.90. The van der Waals surface area contributed by atoms with Crippen LogP contribution in [-0.4, -0.2) is 22.7 Å². The lowest BCUT2D eigenvalue weighted by molar-refractivity contribution is -0.118. The van der Waals surface area contributed by atoms with Crippen molar-refractivity contribution in [2.24, 2.45) is 0 Å². The highest BCUT2D eigenvalue weighted by atomic mass is 35.5. The van der Waals surface area contributed by atoms with Crippen molar-refractivity contribution in [1.82, 2.24) is 10.2 Å². The second kappa shape index (κ2) is 6.24. The highest BCUT2D eigenvalue weighted by Crippen LogP contribution is 2.17. The topological polar surface area (TPSA) is 67.0 Å². The number of aromatic nitrogens is 2. The smallest absolute Gasteiger partial charge is 0.263 e. The van der Waals surface area contributed by atoms with Gasteiger partial charge in [-0.2, -0.15) is 5.10 Å². The molecule has 2 aromatic rings. The standard InChI is InChI=1S/C13H14ClN3O2/c1-2-10-7-12(17-16-10)15-13(18)8-19-11-5-3-4-9(14)6-11/h3-7H,2,8H2,1H3,(H2,15,16,17,18). The van der Waals surface area contributed by atoms with Gasteiger partial charge in [-0.15, -0.1) is 0 Å². The maximum Gasteiger partial charge on any atom is 0.263 e. The number of halogens is 1. The van der Waals surface area contributed by atoms with Gasteiger partial charge in [0.2, 0.25) is 0 Å². The molecule has 1 amide bonds. The number of anilines is 1. The van der Waals surface area contributed by atoms with Gasteiger partial charge in [-0.1, -0.05) is 24.6 Å². The number of aromatic amines is 1. The van der Waals surface area contributed by atoms with Crippen molar-refractivity contribution in [3.8, 4) is 5.75 Å². The number of carbonyl (C=O) groups excluding carboxylic acids is 1. The minimum atomic E-state index is -0.269. The Kier molecular flexibility index (Phi) is 4.41. The van der Waals surface area contributed by atoms with E-state index in [-0.39, 0.29) is 12.5 Å². The number of amides is 1. The zero-order valence-corrected chi connectivity index (χ0v) is 11.2. The van der Waals surface area contributed by atoms with E-state index >= 15 is 0 Å². The number of carbonyl (C=O) groups is 1. The monoisotopic (exact) mass is 279 g/mol. The van der Waals surface area contributed by atoms with Crippen LogP contribution in [0.5, 0.6) is 5.75 Å². The van der Waals surface area contributed by atoms with Crippen LogP contribution in [0.3, 0.4) is 0 Å². The summed E-state index contributed by atoms with van der Waals surface area (Å²) < 4.78 is 5.32. The predicted molar refractivity (Wildman–Crippen MR) is 73.5 cm³/mol. The molecule has 19 heavy (non-hydrogen) atoms. The quantitative estimate of drug-likeness (QED) is 0.884. The van der Waals surface area contributed by atoms with Crippen LogP contribution in [0.25, 0.3) is 0 Å². The van der Waals surface area contributed by atoms with E-state index in [2.05, 4.69) is 15.5 Å². The van der Waals surface area contributed by atoms with Crippen molar-refractivity contribution < 1.29 is 9.53 Å². The van der Waals surface area contributed by atoms with Crippen LogP contribution in [0.4, 0.5) is 5.82 Å². The van der Waals surface area contributed by atoms with E-state index < -0.39 is 0 Å². The van der Waals surface area contributed by atoms with E-state index in [4.69, 9.17) is 16.3 Å². The number of benzene rings is 1. The number of H-pyrrole nitrogens is 1. The van der Waals surface area contributed by atoms with Crippen molar-refractivity contribution in [3.63, 3.8) is 0 Å². The molecule has 1 heterocycles. The predicted octanol–water partition coefficient (Wildman–Crippen LogP) is 2.64. The Labute approximate surface area is 115 Å². The molecule has 100 valence electrons. The van der Waals surface area contributed by atoms with E-state index in [9.17, 15) is 4.79 Å². The van der Waals surface area contributed by atoms with Gasteiger partial charge in [0.1, 0.15) is 5.75 Å². The molecule has 0 aliphatic heterocycles. The van der Waals surface area contributed by atoms with Crippen molar-refractivity contribution >= 4 is 23.3 Å². The van der Waals surface area contributed by atoms with Gasteiger partial charge in [-0.25, -0.2) is 0 Å². The van der Waals surface area contributed by atoms with Gasteiger partial charge < -0.3 is 10.1 Å². The van der Waals surface area contributed by atoms with Crippen LogP contribution in [0.2, 0.25) is 5.02 Å². The fraction of sp³-hybridized carbons (Fsp3) is 0.231. The fourth-order valence-electron chi connectivity index (χ4n) is 1.49. The van der Waals surface area contributed by atoms with E-state index in [1.165, 1.54) is 0 Å². The summed E-state index contributed by atoms with van der Waals surface area (Å²) in [5.74, 6) is 0.782. The second-order valence-corrected chi connectivity index (χ2v) is 4.36. The molecule has 0 fully saturated rings. The average Bonchev–Trinajstić information content (AvgIpc) is 2.84. The highest BCUT2D eigenvalue weighted by Gasteiger charge is 2.06. The number of aryl methyl sites for hydroxylation is 1. The summed E-state index contributed by atoms with van der Waals surface area (Å²) in [4.78, 5) is 11.6. The molecule has 6 heteroatoms. The molecule has 0 radical (unpaired) electrons. The van der Waals surface area contributed by atoms with Crippen LogP contribution in [0.1, 0.15) is 12.6 Å². The molecule has 0 unspecified atom stereocenters. The summed E-state index contributed by atoms with van der Waals surface area (Å²) in [7, 11) is 0. The van der Waals surface area contributed by atoms with E-state index in [0.29, 0.717) is 16.6 Å². The Balaban J connectivity index is 1.84. The number of hydrogen-bond donors (Lipinski definition) is 2. The maximum atomic E-state index is 11.6. The molecular formula is C13H14ClN3O2. The average molecular weight is 280 g/mol. The zero-order chi connectivity index (χ0) is 13.7. The first kappa shape index (κ1) is 13.4. The Morgan fingerprint density at radius 1 is 1.47 bits per heavy atom. The summed E-state index contributed by atoms with van der Waals surface area (Å²) in [6.07, 6.45) is 0.835. The summed E-state index contributed by atoms with van der Waals surface area (Å²) in [5.41, 5.74) is 0.964. The SMILES string of the molecule is CCc1cc(NC(=O)COc2cccc(Cl)c2)n[nH]1. The molecule has 0 atom stereocenters. The third-order valence-electron chi connectivity index (χ3n) is 2.45. The number of rotatable bonds is 5. The van der Waals surface area contributed by atoms with Crippen molar-refractivity contribution in [2.75, 3.05) is 11.9 Å². The Bertz CT molecular complexity index is 569. The third-order valence-corrected chi connectivity index (χ3v) is 2.68. The van der Waals surface area contributed by atoms with Crippen LogP contribution in [-0.2, 0) is 11.2 Å². The van der Waals surface area contributed by atoms with Gasteiger partial charge in [0, 0.05) is 16.8 Å². The number of ether oxygens (including phenoxy) is 1. The molecule has 0 spiro atoms. The first-order chi connectivity index (χ1) is 9.17. The van der Waals surface area contributed by atoms with E-state index in [1.807, 2.05) is 6.92 Å². The van der Waals surface area contributed by atoms with Crippen LogP contribution in [0, 0.1) is 0 Å². The van der Waals surface area contributed by atoms with Crippen molar-refractivity contribution in [3.05, 3.63) is 41.0 Å². The third kappa shape index (κ3) is 3.99. The highest BCUT2D eigenvalue weighted by molar-refractivity contribution is 6.30. The van der Waals surface area contributed by atoms with Crippen LogP contribution in [0.15, 0.2) is 30.3 Å². The van der Waals surface area contributed by atoms with Crippen molar-refractivity contribution in [1.29, 1.82) is 0 Å². The molecule has 2 N–H and O–H groups in total. The Hall–Kier alpha value is -2.01. The van der Waals surface area contributed by atoms with Gasteiger partial charge in [-0.05, 0) is 24.6 Å². The molecular weight excluding hydrogens is 266 g/mol. The normalized spacial score (nSPS) is 10.2.